The Labute approximate surface area is 172 Å². The van der Waals surface area contributed by atoms with Crippen molar-refractivity contribution < 1.29 is 27.4 Å². The second-order valence-corrected chi connectivity index (χ2v) is 7.31. The number of carbonyl (C=O) groups excluding carboxylic acids is 1. The molecule has 0 aliphatic carbocycles. The summed E-state index contributed by atoms with van der Waals surface area (Å²) in [6.07, 6.45) is -1.81. The van der Waals surface area contributed by atoms with Crippen LogP contribution in [0, 0.1) is 0 Å². The van der Waals surface area contributed by atoms with Crippen molar-refractivity contribution in [2.75, 3.05) is 37.9 Å². The Morgan fingerprint density at radius 1 is 1.03 bits per heavy atom. The van der Waals surface area contributed by atoms with E-state index in [4.69, 9.17) is 9.47 Å². The summed E-state index contributed by atoms with van der Waals surface area (Å²) < 4.78 is 48.8. The van der Waals surface area contributed by atoms with Gasteiger partial charge in [-0.05, 0) is 42.7 Å². The van der Waals surface area contributed by atoms with Crippen LogP contribution >= 0.6 is 0 Å². The van der Waals surface area contributed by atoms with E-state index < -0.39 is 11.7 Å². The number of hydrogen-bond acceptors (Lipinski definition) is 5. The first-order valence-corrected chi connectivity index (χ1v) is 9.85. The van der Waals surface area contributed by atoms with Crippen LogP contribution in [0.15, 0.2) is 36.5 Å². The maximum absolute atomic E-state index is 12.7. The summed E-state index contributed by atoms with van der Waals surface area (Å²) in [6, 6.07) is 8.11. The van der Waals surface area contributed by atoms with Gasteiger partial charge in [0.25, 0.3) is 0 Å². The van der Waals surface area contributed by atoms with E-state index in [0.29, 0.717) is 50.6 Å². The van der Waals surface area contributed by atoms with Crippen LogP contribution in [-0.4, -0.2) is 48.8 Å². The third kappa shape index (κ3) is 4.60. The van der Waals surface area contributed by atoms with Gasteiger partial charge in [-0.3, -0.25) is 4.79 Å². The highest BCUT2D eigenvalue weighted by molar-refractivity contribution is 5.76. The number of ether oxygens (including phenoxy) is 2. The lowest BCUT2D eigenvalue weighted by atomic mass is 10.1. The largest absolute Gasteiger partial charge is 0.454 e. The molecule has 6 nitrogen and oxygen atoms in total. The van der Waals surface area contributed by atoms with Gasteiger partial charge in [-0.15, -0.1) is 0 Å². The highest BCUT2D eigenvalue weighted by atomic mass is 19.4. The standard InChI is InChI=1S/C21H22F3N3O3/c22-21(23,24)16-4-6-19(25-13-16)26-8-1-9-27(11-10-26)20(28)7-3-15-2-5-17-18(12-15)30-14-29-17/h2,4-6,12-13H,1,3,7-11,14H2. The number of halogens is 3. The van der Waals surface area contributed by atoms with Gasteiger partial charge in [-0.25, -0.2) is 4.98 Å². The third-order valence-electron chi connectivity index (χ3n) is 5.31. The summed E-state index contributed by atoms with van der Waals surface area (Å²) in [7, 11) is 0. The summed E-state index contributed by atoms with van der Waals surface area (Å²) in [6.45, 7) is 2.54. The lowest BCUT2D eigenvalue weighted by Gasteiger charge is -2.23. The Bertz CT molecular complexity index is 903. The second-order valence-electron chi connectivity index (χ2n) is 7.31. The van der Waals surface area contributed by atoms with Crippen molar-refractivity contribution in [2.45, 2.75) is 25.4 Å². The number of benzene rings is 1. The first-order valence-electron chi connectivity index (χ1n) is 9.85. The molecule has 30 heavy (non-hydrogen) atoms. The zero-order valence-electron chi connectivity index (χ0n) is 16.3. The summed E-state index contributed by atoms with van der Waals surface area (Å²) in [5.41, 5.74) is 0.249. The number of hydrogen-bond donors (Lipinski definition) is 0. The molecule has 0 atom stereocenters. The number of rotatable bonds is 4. The molecule has 9 heteroatoms. The predicted octanol–water partition coefficient (Wildman–Crippen LogP) is 3.50. The normalized spacial score (nSPS) is 16.5. The van der Waals surface area contributed by atoms with Crippen molar-refractivity contribution in [3.05, 3.63) is 47.7 Å². The molecule has 0 radical (unpaired) electrons. The maximum atomic E-state index is 12.7. The van der Waals surface area contributed by atoms with Crippen molar-refractivity contribution in [1.82, 2.24) is 9.88 Å². The lowest BCUT2D eigenvalue weighted by Crippen LogP contribution is -2.35. The molecule has 0 spiro atoms. The molecule has 160 valence electrons. The minimum atomic E-state index is -4.40. The first kappa shape index (κ1) is 20.3. The number of alkyl halides is 3. The van der Waals surface area contributed by atoms with Gasteiger partial charge < -0.3 is 19.3 Å². The maximum Gasteiger partial charge on any atom is 0.417 e. The van der Waals surface area contributed by atoms with Crippen LogP contribution in [0.2, 0.25) is 0 Å². The smallest absolute Gasteiger partial charge is 0.417 e. The zero-order valence-corrected chi connectivity index (χ0v) is 16.3. The van der Waals surface area contributed by atoms with E-state index in [9.17, 15) is 18.0 Å². The van der Waals surface area contributed by atoms with E-state index in [1.54, 1.807) is 0 Å². The minimum Gasteiger partial charge on any atom is -0.454 e. The van der Waals surface area contributed by atoms with Crippen molar-refractivity contribution in [2.24, 2.45) is 0 Å². The van der Waals surface area contributed by atoms with Crippen LogP contribution < -0.4 is 14.4 Å². The van der Waals surface area contributed by atoms with Crippen LogP contribution in [0.25, 0.3) is 0 Å². The molecule has 3 heterocycles. The quantitative estimate of drug-likeness (QED) is 0.757. The Balaban J connectivity index is 1.31. The second kappa shape index (κ2) is 8.41. The molecule has 2 aliphatic rings. The summed E-state index contributed by atoms with van der Waals surface area (Å²) >= 11 is 0. The molecule has 1 aromatic carbocycles. The van der Waals surface area contributed by atoms with Crippen LogP contribution in [0.4, 0.5) is 19.0 Å². The van der Waals surface area contributed by atoms with Gasteiger partial charge in [0.2, 0.25) is 12.7 Å². The number of aromatic nitrogens is 1. The van der Waals surface area contributed by atoms with E-state index in [0.717, 1.165) is 30.0 Å². The van der Waals surface area contributed by atoms with Crippen molar-refractivity contribution >= 4 is 11.7 Å². The van der Waals surface area contributed by atoms with Gasteiger partial charge in [-0.1, -0.05) is 6.07 Å². The Morgan fingerprint density at radius 3 is 2.63 bits per heavy atom. The van der Waals surface area contributed by atoms with E-state index in [2.05, 4.69) is 4.98 Å². The highest BCUT2D eigenvalue weighted by Gasteiger charge is 2.31. The number of carbonyl (C=O) groups is 1. The number of amides is 1. The third-order valence-corrected chi connectivity index (χ3v) is 5.31. The van der Waals surface area contributed by atoms with Crippen LogP contribution in [0.1, 0.15) is 24.0 Å². The average molecular weight is 421 g/mol. The van der Waals surface area contributed by atoms with E-state index in [1.165, 1.54) is 6.07 Å². The Hall–Kier alpha value is -2.97. The molecule has 2 aromatic rings. The summed E-state index contributed by atoms with van der Waals surface area (Å²) in [4.78, 5) is 20.4. The predicted molar refractivity (Wildman–Crippen MR) is 104 cm³/mol. The van der Waals surface area contributed by atoms with E-state index in [-0.39, 0.29) is 12.7 Å². The number of pyridine rings is 1. The summed E-state index contributed by atoms with van der Waals surface area (Å²) in [5.74, 6) is 1.98. The molecule has 0 saturated carbocycles. The fraction of sp³-hybridized carbons (Fsp3) is 0.429. The van der Waals surface area contributed by atoms with E-state index >= 15 is 0 Å². The first-order chi connectivity index (χ1) is 14.4. The number of anilines is 1. The van der Waals surface area contributed by atoms with Gasteiger partial charge in [0, 0.05) is 38.8 Å². The molecule has 0 unspecified atom stereocenters. The molecule has 0 bridgehead atoms. The lowest BCUT2D eigenvalue weighted by molar-refractivity contribution is -0.137. The monoisotopic (exact) mass is 421 g/mol. The number of fused-ring (bicyclic) bond motifs is 1. The highest BCUT2D eigenvalue weighted by Crippen LogP contribution is 2.33. The molecule has 4 rings (SSSR count). The van der Waals surface area contributed by atoms with Crippen molar-refractivity contribution in [3.8, 4) is 11.5 Å². The van der Waals surface area contributed by atoms with Gasteiger partial charge in [0.05, 0.1) is 5.56 Å². The number of nitrogens with zero attached hydrogens (tertiary/aromatic N) is 3. The molecule has 1 amide bonds. The topological polar surface area (TPSA) is 54.9 Å². The van der Waals surface area contributed by atoms with Crippen molar-refractivity contribution in [1.29, 1.82) is 0 Å². The summed E-state index contributed by atoms with van der Waals surface area (Å²) in [5, 5.41) is 0. The van der Waals surface area contributed by atoms with Gasteiger partial charge in [0.15, 0.2) is 11.5 Å². The Kier molecular flexibility index (Phi) is 5.69. The fourth-order valence-electron chi connectivity index (χ4n) is 3.64. The Morgan fingerprint density at radius 2 is 1.87 bits per heavy atom. The zero-order chi connectivity index (χ0) is 21.1. The molecular weight excluding hydrogens is 399 g/mol. The average Bonchev–Trinajstić information content (AvgIpc) is 3.06. The molecular formula is C21H22F3N3O3. The van der Waals surface area contributed by atoms with Crippen LogP contribution in [0.3, 0.4) is 0 Å². The SMILES string of the molecule is O=C(CCc1ccc2c(c1)OCO2)N1CCCN(c2ccc(C(F)(F)F)cn2)CC1. The minimum absolute atomic E-state index is 0.0647. The molecule has 2 aliphatic heterocycles. The van der Waals surface area contributed by atoms with Crippen LogP contribution in [0.5, 0.6) is 11.5 Å². The van der Waals surface area contributed by atoms with Gasteiger partial charge in [-0.2, -0.15) is 13.2 Å². The molecule has 0 N–H and O–H groups in total. The molecule has 1 saturated heterocycles. The van der Waals surface area contributed by atoms with Crippen molar-refractivity contribution in [3.63, 3.8) is 0 Å². The fourth-order valence-corrected chi connectivity index (χ4v) is 3.64. The number of aryl methyl sites for hydroxylation is 1. The molecule has 1 fully saturated rings. The van der Waals surface area contributed by atoms with E-state index in [1.807, 2.05) is 28.0 Å². The van der Waals surface area contributed by atoms with Gasteiger partial charge >= 0.3 is 6.18 Å². The van der Waals surface area contributed by atoms with Gasteiger partial charge in [0.1, 0.15) is 5.82 Å². The molecule has 1 aromatic heterocycles. The van der Waals surface area contributed by atoms with Crippen LogP contribution in [-0.2, 0) is 17.4 Å².